The van der Waals surface area contributed by atoms with Crippen molar-refractivity contribution >= 4 is 10.0 Å². The molecule has 1 heterocycles. The third-order valence-electron chi connectivity index (χ3n) is 3.01. The SMILES string of the molecule is CCCNCc1ccc(S(=O)(=O)NCc2ccco2)cc1. The van der Waals surface area contributed by atoms with Crippen LogP contribution >= 0.6 is 0 Å². The van der Waals surface area contributed by atoms with Crippen LogP contribution in [0.25, 0.3) is 0 Å². The quantitative estimate of drug-likeness (QED) is 0.734. The van der Waals surface area contributed by atoms with Crippen molar-refractivity contribution in [3.05, 3.63) is 54.0 Å². The Bertz CT molecular complexity index is 634. The van der Waals surface area contributed by atoms with Crippen LogP contribution in [-0.4, -0.2) is 15.0 Å². The fourth-order valence-electron chi connectivity index (χ4n) is 1.86. The summed E-state index contributed by atoms with van der Waals surface area (Å²) in [6, 6.07) is 10.3. The van der Waals surface area contributed by atoms with E-state index in [1.165, 1.54) is 6.26 Å². The number of benzene rings is 1. The Morgan fingerprint density at radius 3 is 2.48 bits per heavy atom. The molecule has 0 bridgehead atoms. The minimum absolute atomic E-state index is 0.148. The Labute approximate surface area is 125 Å². The molecule has 0 fully saturated rings. The van der Waals surface area contributed by atoms with Crippen LogP contribution in [0.5, 0.6) is 0 Å². The largest absolute Gasteiger partial charge is 0.468 e. The summed E-state index contributed by atoms with van der Waals surface area (Å²) >= 11 is 0. The van der Waals surface area contributed by atoms with E-state index in [-0.39, 0.29) is 11.4 Å². The molecule has 0 saturated carbocycles. The Morgan fingerprint density at radius 2 is 1.86 bits per heavy atom. The molecule has 0 atom stereocenters. The number of rotatable bonds is 8. The topological polar surface area (TPSA) is 71.3 Å². The summed E-state index contributed by atoms with van der Waals surface area (Å²) in [6.45, 7) is 3.95. The summed E-state index contributed by atoms with van der Waals surface area (Å²) in [6.07, 6.45) is 2.59. The van der Waals surface area contributed by atoms with Gasteiger partial charge >= 0.3 is 0 Å². The van der Waals surface area contributed by atoms with Crippen molar-refractivity contribution < 1.29 is 12.8 Å². The summed E-state index contributed by atoms with van der Waals surface area (Å²) in [4.78, 5) is 0.258. The van der Waals surface area contributed by atoms with Gasteiger partial charge in [0.1, 0.15) is 5.76 Å². The molecule has 0 aliphatic carbocycles. The maximum Gasteiger partial charge on any atom is 0.240 e. The first-order valence-electron chi connectivity index (χ1n) is 6.93. The van der Waals surface area contributed by atoms with Gasteiger partial charge in [-0.2, -0.15) is 0 Å². The molecular formula is C15H20N2O3S. The first-order valence-corrected chi connectivity index (χ1v) is 8.42. The van der Waals surface area contributed by atoms with Crippen molar-refractivity contribution in [1.29, 1.82) is 0 Å². The lowest BCUT2D eigenvalue weighted by molar-refractivity contribution is 0.498. The van der Waals surface area contributed by atoms with Crippen molar-refractivity contribution in [3.63, 3.8) is 0 Å². The first kappa shape index (κ1) is 15.8. The fraction of sp³-hybridized carbons (Fsp3) is 0.333. The summed E-state index contributed by atoms with van der Waals surface area (Å²) < 4.78 is 31.9. The normalized spacial score (nSPS) is 11.7. The molecular weight excluding hydrogens is 288 g/mol. The molecule has 1 aromatic heterocycles. The van der Waals surface area contributed by atoms with Crippen LogP contribution in [0.3, 0.4) is 0 Å². The van der Waals surface area contributed by atoms with Crippen molar-refractivity contribution in [2.45, 2.75) is 31.3 Å². The van der Waals surface area contributed by atoms with Crippen molar-refractivity contribution in [2.24, 2.45) is 0 Å². The van der Waals surface area contributed by atoms with Crippen LogP contribution in [0.15, 0.2) is 52.0 Å². The summed E-state index contributed by atoms with van der Waals surface area (Å²) in [5.41, 5.74) is 1.06. The zero-order valence-corrected chi connectivity index (χ0v) is 12.8. The van der Waals surface area contributed by atoms with E-state index in [4.69, 9.17) is 4.42 Å². The molecule has 2 aromatic rings. The molecule has 0 aliphatic rings. The molecule has 2 rings (SSSR count). The van der Waals surface area contributed by atoms with E-state index in [1.54, 1.807) is 24.3 Å². The van der Waals surface area contributed by atoms with Gasteiger partial charge in [-0.05, 0) is 42.8 Å². The third kappa shape index (κ3) is 4.70. The summed E-state index contributed by atoms with van der Waals surface area (Å²) in [7, 11) is -3.51. The zero-order chi connectivity index (χ0) is 15.1. The zero-order valence-electron chi connectivity index (χ0n) is 12.0. The molecule has 0 radical (unpaired) electrons. The fourth-order valence-corrected chi connectivity index (χ4v) is 2.85. The highest BCUT2D eigenvalue weighted by atomic mass is 32.2. The van der Waals surface area contributed by atoms with Gasteiger partial charge in [0.15, 0.2) is 0 Å². The lowest BCUT2D eigenvalue weighted by Crippen LogP contribution is -2.23. The lowest BCUT2D eigenvalue weighted by atomic mass is 10.2. The van der Waals surface area contributed by atoms with Gasteiger partial charge in [0.05, 0.1) is 17.7 Å². The second kappa shape index (κ2) is 7.40. The monoisotopic (exact) mass is 308 g/mol. The second-order valence-electron chi connectivity index (χ2n) is 4.72. The molecule has 2 N–H and O–H groups in total. The van der Waals surface area contributed by atoms with Crippen molar-refractivity contribution in [1.82, 2.24) is 10.0 Å². The molecule has 6 heteroatoms. The smallest absolute Gasteiger partial charge is 0.240 e. The van der Waals surface area contributed by atoms with E-state index in [2.05, 4.69) is 17.0 Å². The highest BCUT2D eigenvalue weighted by molar-refractivity contribution is 7.89. The van der Waals surface area contributed by atoms with E-state index >= 15 is 0 Å². The van der Waals surface area contributed by atoms with E-state index < -0.39 is 10.0 Å². The Kier molecular flexibility index (Phi) is 5.55. The third-order valence-corrected chi connectivity index (χ3v) is 4.42. The average molecular weight is 308 g/mol. The molecule has 5 nitrogen and oxygen atoms in total. The number of furan rings is 1. The number of hydrogen-bond acceptors (Lipinski definition) is 4. The van der Waals surface area contributed by atoms with Crippen molar-refractivity contribution in [2.75, 3.05) is 6.54 Å². The van der Waals surface area contributed by atoms with E-state index in [1.807, 2.05) is 12.1 Å². The van der Waals surface area contributed by atoms with Crippen molar-refractivity contribution in [3.8, 4) is 0 Å². The summed E-state index contributed by atoms with van der Waals surface area (Å²) in [5.74, 6) is 0.582. The lowest BCUT2D eigenvalue weighted by Gasteiger charge is -2.07. The van der Waals surface area contributed by atoms with Gasteiger partial charge in [-0.25, -0.2) is 13.1 Å². The van der Waals surface area contributed by atoms with Gasteiger partial charge in [-0.3, -0.25) is 0 Å². The predicted molar refractivity (Wildman–Crippen MR) is 81.2 cm³/mol. The minimum atomic E-state index is -3.51. The Morgan fingerprint density at radius 1 is 1.10 bits per heavy atom. The maximum absolute atomic E-state index is 12.1. The minimum Gasteiger partial charge on any atom is -0.468 e. The molecule has 0 unspecified atom stereocenters. The number of sulfonamides is 1. The molecule has 0 amide bonds. The van der Waals surface area contributed by atoms with Crippen LogP contribution in [0.2, 0.25) is 0 Å². The van der Waals surface area contributed by atoms with Crippen LogP contribution in [0.1, 0.15) is 24.7 Å². The van der Waals surface area contributed by atoms with Gasteiger partial charge < -0.3 is 9.73 Å². The van der Waals surface area contributed by atoms with Crippen LogP contribution < -0.4 is 10.0 Å². The van der Waals surface area contributed by atoms with E-state index in [9.17, 15) is 8.42 Å². The van der Waals surface area contributed by atoms with Gasteiger partial charge in [0, 0.05) is 6.54 Å². The second-order valence-corrected chi connectivity index (χ2v) is 6.49. The standard InChI is InChI=1S/C15H20N2O3S/c1-2-9-16-11-13-5-7-15(8-6-13)21(18,19)17-12-14-4-3-10-20-14/h3-8,10,16-17H,2,9,11-12H2,1H3. The van der Waals surface area contributed by atoms with Gasteiger partial charge in [-0.15, -0.1) is 0 Å². The van der Waals surface area contributed by atoms with Crippen LogP contribution in [0, 0.1) is 0 Å². The highest BCUT2D eigenvalue weighted by Gasteiger charge is 2.13. The molecule has 0 saturated heterocycles. The first-order chi connectivity index (χ1) is 10.1. The Balaban J connectivity index is 1.96. The molecule has 21 heavy (non-hydrogen) atoms. The molecule has 114 valence electrons. The Hall–Kier alpha value is -1.63. The summed E-state index contributed by atoms with van der Waals surface area (Å²) in [5, 5.41) is 3.28. The van der Waals surface area contributed by atoms with Gasteiger partial charge in [0.2, 0.25) is 10.0 Å². The van der Waals surface area contributed by atoms with Gasteiger partial charge in [0.25, 0.3) is 0 Å². The van der Waals surface area contributed by atoms with Crippen LogP contribution in [0.4, 0.5) is 0 Å². The molecule has 0 spiro atoms. The van der Waals surface area contributed by atoms with Gasteiger partial charge in [-0.1, -0.05) is 19.1 Å². The van der Waals surface area contributed by atoms with Crippen LogP contribution in [-0.2, 0) is 23.1 Å². The maximum atomic E-state index is 12.1. The molecule has 1 aromatic carbocycles. The van der Waals surface area contributed by atoms with E-state index in [0.717, 1.165) is 25.1 Å². The molecule has 0 aliphatic heterocycles. The highest BCUT2D eigenvalue weighted by Crippen LogP contribution is 2.11. The average Bonchev–Trinajstić information content (AvgIpc) is 3.00. The number of nitrogens with one attached hydrogen (secondary N) is 2. The number of hydrogen-bond donors (Lipinski definition) is 2. The predicted octanol–water partition coefficient (Wildman–Crippen LogP) is 2.26. The van der Waals surface area contributed by atoms with E-state index in [0.29, 0.717) is 5.76 Å².